The van der Waals surface area contributed by atoms with Gasteiger partial charge in [-0.2, -0.15) is 4.98 Å². The van der Waals surface area contributed by atoms with Gasteiger partial charge >= 0.3 is 11.7 Å². The Kier molecular flexibility index (Phi) is 3.51. The maximum absolute atomic E-state index is 13.0. The summed E-state index contributed by atoms with van der Waals surface area (Å²) in [6.45, 7) is 0. The maximum atomic E-state index is 13.0. The molecule has 0 fully saturated rings. The Hall–Kier alpha value is -3.10. The van der Waals surface area contributed by atoms with Crippen LogP contribution in [0.4, 0.5) is 10.1 Å². The molecule has 1 heterocycles. The SMILES string of the molecule is N=C(N)c1ccnc(Oc2ccc(F)cc2[N+](=O)[O-])n1. The van der Waals surface area contributed by atoms with Crippen LogP contribution in [0.5, 0.6) is 11.8 Å². The van der Waals surface area contributed by atoms with E-state index in [0.717, 1.165) is 18.2 Å². The summed E-state index contributed by atoms with van der Waals surface area (Å²) in [5.74, 6) is -1.27. The van der Waals surface area contributed by atoms with Crippen molar-refractivity contribution in [2.24, 2.45) is 5.73 Å². The molecule has 9 heteroatoms. The number of hydrogen-bond acceptors (Lipinski definition) is 6. The number of amidine groups is 1. The van der Waals surface area contributed by atoms with Gasteiger partial charge in [0.05, 0.1) is 11.0 Å². The fourth-order valence-electron chi connectivity index (χ4n) is 1.36. The van der Waals surface area contributed by atoms with Crippen LogP contribution in [-0.2, 0) is 0 Å². The molecule has 2 rings (SSSR count). The van der Waals surface area contributed by atoms with Crippen molar-refractivity contribution in [3.05, 3.63) is 52.1 Å². The number of halogens is 1. The van der Waals surface area contributed by atoms with Crippen LogP contribution in [0, 0.1) is 21.3 Å². The van der Waals surface area contributed by atoms with Gasteiger partial charge in [0.25, 0.3) is 0 Å². The third-order valence-corrected chi connectivity index (χ3v) is 2.23. The number of rotatable bonds is 4. The van der Waals surface area contributed by atoms with Gasteiger partial charge in [-0.15, -0.1) is 0 Å². The molecule has 0 atom stereocenters. The predicted octanol–water partition coefficient (Wildman–Crippen LogP) is 1.60. The predicted molar refractivity (Wildman–Crippen MR) is 66.2 cm³/mol. The second kappa shape index (κ2) is 5.26. The molecule has 20 heavy (non-hydrogen) atoms. The first-order valence-electron chi connectivity index (χ1n) is 5.26. The Labute approximate surface area is 111 Å². The molecule has 2 aromatic rings. The summed E-state index contributed by atoms with van der Waals surface area (Å²) >= 11 is 0. The summed E-state index contributed by atoms with van der Waals surface area (Å²) in [6.07, 6.45) is 1.29. The van der Waals surface area contributed by atoms with Crippen molar-refractivity contribution in [1.82, 2.24) is 9.97 Å². The number of nitrogens with one attached hydrogen (secondary N) is 1. The first-order chi connectivity index (χ1) is 9.47. The molecular weight excluding hydrogens is 269 g/mol. The normalized spacial score (nSPS) is 10.1. The molecule has 0 aliphatic carbocycles. The average molecular weight is 277 g/mol. The zero-order chi connectivity index (χ0) is 14.7. The minimum absolute atomic E-state index is 0.111. The topological polar surface area (TPSA) is 128 Å². The lowest BCUT2D eigenvalue weighted by molar-refractivity contribution is -0.385. The minimum atomic E-state index is -0.784. The van der Waals surface area contributed by atoms with Crippen LogP contribution in [0.2, 0.25) is 0 Å². The van der Waals surface area contributed by atoms with Crippen LogP contribution in [0.25, 0.3) is 0 Å². The van der Waals surface area contributed by atoms with E-state index in [1.54, 1.807) is 0 Å². The number of benzene rings is 1. The van der Waals surface area contributed by atoms with E-state index in [9.17, 15) is 14.5 Å². The van der Waals surface area contributed by atoms with Crippen molar-refractivity contribution in [3.63, 3.8) is 0 Å². The summed E-state index contributed by atoms with van der Waals surface area (Å²) in [5, 5.41) is 18.0. The highest BCUT2D eigenvalue weighted by atomic mass is 19.1. The van der Waals surface area contributed by atoms with Gasteiger partial charge in [0.2, 0.25) is 5.75 Å². The lowest BCUT2D eigenvalue weighted by atomic mass is 10.3. The van der Waals surface area contributed by atoms with Crippen LogP contribution in [0.3, 0.4) is 0 Å². The molecule has 0 aliphatic rings. The van der Waals surface area contributed by atoms with Gasteiger partial charge in [0.15, 0.2) is 0 Å². The van der Waals surface area contributed by atoms with Crippen LogP contribution < -0.4 is 10.5 Å². The first kappa shape index (κ1) is 13.3. The second-order valence-corrected chi connectivity index (χ2v) is 3.61. The smallest absolute Gasteiger partial charge is 0.322 e. The van der Waals surface area contributed by atoms with Crippen LogP contribution in [-0.4, -0.2) is 20.7 Å². The monoisotopic (exact) mass is 277 g/mol. The second-order valence-electron chi connectivity index (χ2n) is 3.61. The average Bonchev–Trinajstić information content (AvgIpc) is 2.41. The van der Waals surface area contributed by atoms with Gasteiger partial charge in [-0.05, 0) is 18.2 Å². The molecule has 0 spiro atoms. The quantitative estimate of drug-likeness (QED) is 0.378. The molecule has 0 amide bonds. The molecule has 3 N–H and O–H groups in total. The highest BCUT2D eigenvalue weighted by Gasteiger charge is 2.18. The number of ether oxygens (including phenoxy) is 1. The molecule has 1 aromatic heterocycles. The summed E-state index contributed by atoms with van der Waals surface area (Å²) < 4.78 is 18.1. The molecule has 0 radical (unpaired) electrons. The lowest BCUT2D eigenvalue weighted by Crippen LogP contribution is -2.13. The molecule has 102 valence electrons. The Morgan fingerprint density at radius 3 is 2.85 bits per heavy atom. The molecule has 1 aromatic carbocycles. The van der Waals surface area contributed by atoms with Crippen LogP contribution >= 0.6 is 0 Å². The Morgan fingerprint density at radius 1 is 1.45 bits per heavy atom. The van der Waals surface area contributed by atoms with Crippen molar-refractivity contribution in [1.29, 1.82) is 5.41 Å². The largest absolute Gasteiger partial charge is 0.417 e. The van der Waals surface area contributed by atoms with E-state index < -0.39 is 16.4 Å². The van der Waals surface area contributed by atoms with E-state index in [1.165, 1.54) is 12.3 Å². The number of nitro groups is 1. The number of hydrogen-bond donors (Lipinski definition) is 2. The number of nitrogens with two attached hydrogens (primary N) is 1. The number of nitrogen functional groups attached to an aromatic ring is 1. The third-order valence-electron chi connectivity index (χ3n) is 2.23. The van der Waals surface area contributed by atoms with Crippen molar-refractivity contribution in [2.75, 3.05) is 0 Å². The minimum Gasteiger partial charge on any atom is -0.417 e. The van der Waals surface area contributed by atoms with Crippen molar-refractivity contribution in [2.45, 2.75) is 0 Å². The highest BCUT2D eigenvalue weighted by Crippen LogP contribution is 2.30. The van der Waals surface area contributed by atoms with Gasteiger partial charge in [0, 0.05) is 6.20 Å². The summed E-state index contributed by atoms with van der Waals surface area (Å²) in [7, 11) is 0. The van der Waals surface area contributed by atoms with Gasteiger partial charge < -0.3 is 10.5 Å². The lowest BCUT2D eigenvalue weighted by Gasteiger charge is -2.05. The van der Waals surface area contributed by atoms with Crippen molar-refractivity contribution < 1.29 is 14.1 Å². The fraction of sp³-hybridized carbons (Fsp3) is 0. The number of nitrogens with zero attached hydrogens (tertiary/aromatic N) is 3. The third kappa shape index (κ3) is 2.83. The zero-order valence-corrected chi connectivity index (χ0v) is 9.91. The van der Waals surface area contributed by atoms with E-state index in [4.69, 9.17) is 15.9 Å². The van der Waals surface area contributed by atoms with Gasteiger partial charge in [0.1, 0.15) is 17.3 Å². The van der Waals surface area contributed by atoms with Crippen LogP contribution in [0.15, 0.2) is 30.5 Å². The summed E-state index contributed by atoms with van der Waals surface area (Å²) in [4.78, 5) is 17.5. The molecular formula is C11H8FN5O3. The van der Waals surface area contributed by atoms with Gasteiger partial charge in [-0.25, -0.2) is 9.37 Å². The molecule has 0 bridgehead atoms. The van der Waals surface area contributed by atoms with Crippen LogP contribution in [0.1, 0.15) is 5.69 Å². The molecule has 0 aliphatic heterocycles. The van der Waals surface area contributed by atoms with E-state index in [2.05, 4.69) is 9.97 Å². The Morgan fingerprint density at radius 2 is 2.20 bits per heavy atom. The maximum Gasteiger partial charge on any atom is 0.322 e. The van der Waals surface area contributed by atoms with Crippen molar-refractivity contribution in [3.8, 4) is 11.8 Å². The number of aromatic nitrogens is 2. The van der Waals surface area contributed by atoms with Crippen molar-refractivity contribution >= 4 is 11.5 Å². The first-order valence-corrected chi connectivity index (χ1v) is 5.26. The molecule has 0 saturated carbocycles. The van der Waals surface area contributed by atoms with E-state index >= 15 is 0 Å². The summed E-state index contributed by atoms with van der Waals surface area (Å²) in [6, 6.07) is 3.99. The fourth-order valence-corrected chi connectivity index (χ4v) is 1.36. The van der Waals surface area contributed by atoms with Gasteiger partial charge in [-0.1, -0.05) is 0 Å². The highest BCUT2D eigenvalue weighted by molar-refractivity contribution is 5.92. The Bertz CT molecular complexity index is 692. The number of nitro benzene ring substituents is 1. The molecule has 8 nitrogen and oxygen atoms in total. The summed E-state index contributed by atoms with van der Waals surface area (Å²) in [5.41, 5.74) is 4.81. The molecule has 0 saturated heterocycles. The zero-order valence-electron chi connectivity index (χ0n) is 9.91. The standard InChI is InChI=1S/C11H8FN5O3/c12-6-1-2-9(8(5-6)17(18)19)20-11-15-4-3-7(16-11)10(13)14/h1-5H,(H3,13,14). The Balaban J connectivity index is 2.37. The van der Waals surface area contributed by atoms with E-state index in [1.807, 2.05) is 0 Å². The van der Waals surface area contributed by atoms with E-state index in [0.29, 0.717) is 0 Å². The van der Waals surface area contributed by atoms with Gasteiger partial charge in [-0.3, -0.25) is 15.5 Å². The molecule has 0 unspecified atom stereocenters. The van der Waals surface area contributed by atoms with E-state index in [-0.39, 0.29) is 23.3 Å².